The van der Waals surface area contributed by atoms with Crippen LogP contribution in [-0.4, -0.2) is 62.4 Å². The Morgan fingerprint density at radius 2 is 1.05 bits per heavy atom. The van der Waals surface area contributed by atoms with Gasteiger partial charge in [0, 0.05) is 12.2 Å². The molecule has 0 radical (unpaired) electrons. The molecule has 0 N–H and O–H groups in total. The predicted octanol–water partition coefficient (Wildman–Crippen LogP) is 7.01. The van der Waals surface area contributed by atoms with Crippen molar-refractivity contribution in [2.45, 2.75) is 23.6 Å². The van der Waals surface area contributed by atoms with Crippen LogP contribution < -0.4 is 18.9 Å². The number of nitrogens with zero attached hydrogens (tertiary/aromatic N) is 1. The Labute approximate surface area is 332 Å². The number of carbonyl (C=O) groups is 7. The Balaban J connectivity index is 1.52. The molecule has 0 saturated heterocycles. The molecule has 0 saturated carbocycles. The lowest BCUT2D eigenvalue weighted by molar-refractivity contribution is -0.147. The van der Waals surface area contributed by atoms with Crippen molar-refractivity contribution in [1.82, 2.24) is 0 Å². The minimum Gasteiger partial charge on any atom is -0.470 e. The SMILES string of the molecule is [C-]#[N+]C(C(=O)OCC(C)C)=C1Sc2c(OC(=O)c3ccc(OC(=O)OCOC(=O)C=C)cc3)ccc(OC(=O)c3ccc(OC(=O)OCOC(=O)C=C)cc3)c2S1. The summed E-state index contributed by atoms with van der Waals surface area (Å²) in [5.74, 6) is -4.21. The molecule has 0 unspecified atom stereocenters. The third-order valence-corrected chi connectivity index (χ3v) is 9.16. The highest BCUT2D eigenvalue weighted by Crippen LogP contribution is 2.59. The van der Waals surface area contributed by atoms with Gasteiger partial charge >= 0.3 is 42.2 Å². The van der Waals surface area contributed by atoms with Gasteiger partial charge in [-0.25, -0.2) is 33.6 Å². The van der Waals surface area contributed by atoms with Crippen molar-refractivity contribution in [1.29, 1.82) is 0 Å². The average molecular weight is 820 g/mol. The third kappa shape index (κ3) is 12.5. The molecule has 1 heterocycles. The van der Waals surface area contributed by atoms with Crippen LogP contribution in [-0.2, 0) is 38.1 Å². The van der Waals surface area contributed by atoms with Crippen LogP contribution in [0.15, 0.2) is 106 Å². The first-order chi connectivity index (χ1) is 27.3. The molecule has 0 amide bonds. The molecule has 17 nitrogen and oxygen atoms in total. The summed E-state index contributed by atoms with van der Waals surface area (Å²) in [4.78, 5) is 89.0. The normalized spacial score (nSPS) is 11.1. The molecule has 0 fully saturated rings. The Morgan fingerprint density at radius 3 is 1.42 bits per heavy atom. The summed E-state index contributed by atoms with van der Waals surface area (Å²) < 4.78 is 45.1. The Kier molecular flexibility index (Phi) is 15.4. The van der Waals surface area contributed by atoms with E-state index in [1.54, 1.807) is 0 Å². The molecule has 294 valence electrons. The number of hydrogen-bond donors (Lipinski definition) is 0. The van der Waals surface area contributed by atoms with E-state index < -0.39 is 55.7 Å². The Hall–Kier alpha value is -7.04. The highest BCUT2D eigenvalue weighted by molar-refractivity contribution is 8.24. The third-order valence-electron chi connectivity index (χ3n) is 6.55. The van der Waals surface area contributed by atoms with E-state index in [4.69, 9.17) is 30.3 Å². The minimum absolute atomic E-state index is 0.00387. The molecule has 1 aliphatic rings. The summed E-state index contributed by atoms with van der Waals surface area (Å²) in [7, 11) is 0. The Morgan fingerprint density at radius 1 is 0.632 bits per heavy atom. The Bertz CT molecular complexity index is 2030. The summed E-state index contributed by atoms with van der Waals surface area (Å²) >= 11 is 1.85. The topological polar surface area (TPSA) is 207 Å². The number of fused-ring (bicyclic) bond motifs is 1. The van der Waals surface area contributed by atoms with Crippen molar-refractivity contribution in [2.75, 3.05) is 20.2 Å². The second kappa shape index (κ2) is 20.6. The number of thioether (sulfide) groups is 2. The maximum atomic E-state index is 13.2. The predicted molar refractivity (Wildman–Crippen MR) is 197 cm³/mol. The monoisotopic (exact) mass is 819 g/mol. The summed E-state index contributed by atoms with van der Waals surface area (Å²) in [6.45, 7) is 16.4. The van der Waals surface area contributed by atoms with Crippen molar-refractivity contribution < 1.29 is 76.2 Å². The molecule has 0 aromatic heterocycles. The standard InChI is InChI=1S/C38H29NO16S2/c1-6-28(40)48-19-50-37(45)52-24-12-8-22(9-13-24)33(42)54-26-16-17-27(32-31(26)56-36(57-32)30(39-5)35(44)47-18-21(3)4)55-34(43)23-10-14-25(15-11-23)53-38(46)51-20-49-29(41)7-2/h6-17,21H,1-2,18-20H2,3-4H3. The van der Waals surface area contributed by atoms with Gasteiger partial charge in [0.15, 0.2) is 0 Å². The number of carbonyl (C=O) groups excluding carboxylic acids is 7. The summed E-state index contributed by atoms with van der Waals surface area (Å²) in [5.41, 5.74) is -0.276. The molecular formula is C38H29NO16S2. The molecule has 0 atom stereocenters. The number of hydrogen-bond acceptors (Lipinski definition) is 18. The minimum atomic E-state index is -1.18. The zero-order valence-electron chi connectivity index (χ0n) is 29.8. The lowest BCUT2D eigenvalue weighted by Gasteiger charge is -2.12. The van der Waals surface area contributed by atoms with Crippen LogP contribution in [0, 0.1) is 12.5 Å². The molecule has 0 aliphatic carbocycles. The van der Waals surface area contributed by atoms with Gasteiger partial charge in [0.1, 0.15) is 23.0 Å². The van der Waals surface area contributed by atoms with E-state index >= 15 is 0 Å². The van der Waals surface area contributed by atoms with Crippen LogP contribution >= 0.6 is 23.5 Å². The molecule has 0 bridgehead atoms. The first kappa shape index (κ1) is 42.7. The largest absolute Gasteiger partial charge is 0.516 e. The highest BCUT2D eigenvalue weighted by Gasteiger charge is 2.33. The van der Waals surface area contributed by atoms with E-state index in [2.05, 4.69) is 37.0 Å². The van der Waals surface area contributed by atoms with Gasteiger partial charge in [0.2, 0.25) is 13.6 Å². The first-order valence-electron chi connectivity index (χ1n) is 16.0. The summed E-state index contributed by atoms with van der Waals surface area (Å²) in [5, 5.41) is 0. The molecule has 57 heavy (non-hydrogen) atoms. The number of benzene rings is 3. The number of rotatable bonds is 15. The van der Waals surface area contributed by atoms with Gasteiger partial charge in [-0.1, -0.05) is 50.5 Å². The molecular weight excluding hydrogens is 791 g/mol. The molecule has 1 aliphatic heterocycles. The number of esters is 5. The molecule has 3 aromatic rings. The van der Waals surface area contributed by atoms with Gasteiger partial charge < -0.3 is 42.6 Å². The van der Waals surface area contributed by atoms with Crippen molar-refractivity contribution in [3.05, 3.63) is 118 Å². The van der Waals surface area contributed by atoms with E-state index in [1.165, 1.54) is 60.7 Å². The van der Waals surface area contributed by atoms with Gasteiger partial charge in [0.05, 0.1) is 38.3 Å². The van der Waals surface area contributed by atoms with Crippen molar-refractivity contribution >= 4 is 65.7 Å². The van der Waals surface area contributed by atoms with Crippen molar-refractivity contribution in [3.8, 4) is 23.0 Å². The molecule has 3 aromatic carbocycles. The van der Waals surface area contributed by atoms with E-state index in [1.807, 2.05) is 13.8 Å². The van der Waals surface area contributed by atoms with E-state index in [9.17, 15) is 33.6 Å². The van der Waals surface area contributed by atoms with Gasteiger partial charge in [-0.05, 0) is 66.6 Å². The van der Waals surface area contributed by atoms with Gasteiger partial charge in [-0.2, -0.15) is 0 Å². The zero-order chi connectivity index (χ0) is 41.5. The number of ether oxygens (including phenoxy) is 9. The maximum Gasteiger partial charge on any atom is 0.516 e. The highest BCUT2D eigenvalue weighted by atomic mass is 32.2. The van der Waals surface area contributed by atoms with E-state index in [0.29, 0.717) is 0 Å². The second-order valence-electron chi connectivity index (χ2n) is 11.1. The first-order valence-corrected chi connectivity index (χ1v) is 17.7. The average Bonchev–Trinajstić information content (AvgIpc) is 3.64. The van der Waals surface area contributed by atoms with Crippen molar-refractivity contribution in [3.63, 3.8) is 0 Å². The fraction of sp³-hybridized carbons (Fsp3) is 0.158. The van der Waals surface area contributed by atoms with Crippen LogP contribution in [0.1, 0.15) is 34.6 Å². The van der Waals surface area contributed by atoms with Crippen LogP contribution in [0.25, 0.3) is 4.85 Å². The smallest absolute Gasteiger partial charge is 0.470 e. The van der Waals surface area contributed by atoms with Gasteiger partial charge in [-0.15, -0.1) is 0 Å². The quantitative estimate of drug-likeness (QED) is 0.0287. The van der Waals surface area contributed by atoms with E-state index in [0.717, 1.165) is 35.7 Å². The fourth-order valence-corrected chi connectivity index (χ4v) is 6.49. The van der Waals surface area contributed by atoms with Crippen LogP contribution in [0.2, 0.25) is 0 Å². The van der Waals surface area contributed by atoms with Crippen LogP contribution in [0.5, 0.6) is 23.0 Å². The van der Waals surface area contributed by atoms with Gasteiger partial charge in [0.25, 0.3) is 5.70 Å². The van der Waals surface area contributed by atoms with E-state index in [-0.39, 0.29) is 66.4 Å². The van der Waals surface area contributed by atoms with Crippen LogP contribution in [0.4, 0.5) is 9.59 Å². The van der Waals surface area contributed by atoms with Crippen LogP contribution in [0.3, 0.4) is 0 Å². The second-order valence-corrected chi connectivity index (χ2v) is 13.4. The van der Waals surface area contributed by atoms with Gasteiger partial charge in [-0.3, -0.25) is 4.79 Å². The summed E-state index contributed by atoms with van der Waals surface area (Å²) in [6.07, 6.45) is -0.597. The summed E-state index contributed by atoms with van der Waals surface area (Å²) in [6, 6.07) is 13.0. The fourth-order valence-electron chi connectivity index (χ4n) is 3.95. The maximum absolute atomic E-state index is 13.2. The lowest BCUT2D eigenvalue weighted by Crippen LogP contribution is -2.15. The lowest BCUT2D eigenvalue weighted by atomic mass is 10.2. The zero-order valence-corrected chi connectivity index (χ0v) is 31.5. The molecule has 0 spiro atoms. The van der Waals surface area contributed by atoms with Crippen molar-refractivity contribution in [2.24, 2.45) is 5.92 Å². The molecule has 19 heteroatoms. The molecule has 4 rings (SSSR count).